The molecule has 1 aromatic carbocycles. The van der Waals surface area contributed by atoms with E-state index in [0.717, 1.165) is 0 Å². The summed E-state index contributed by atoms with van der Waals surface area (Å²) in [5.41, 5.74) is 0. The van der Waals surface area contributed by atoms with Gasteiger partial charge in [0.15, 0.2) is 6.61 Å². The number of carbonyl (C=O) groups excluding carboxylic acids is 2. The Kier molecular flexibility index (Phi) is 9.77. The summed E-state index contributed by atoms with van der Waals surface area (Å²) in [5.74, 6) is -1.23. The van der Waals surface area contributed by atoms with E-state index in [1.54, 1.807) is 38.1 Å². The summed E-state index contributed by atoms with van der Waals surface area (Å²) >= 11 is 1.39. The molecule has 3 rings (SSSR count). The Bertz CT molecular complexity index is 690. The van der Waals surface area contributed by atoms with Crippen molar-refractivity contribution < 1.29 is 24.2 Å². The molecule has 2 heterocycles. The van der Waals surface area contributed by atoms with Gasteiger partial charge in [-0.1, -0.05) is 18.2 Å². The SMILES string of the molecule is CC1(C)S[C@@H]2[C@H](NC(=O)COc3ccccc3)C(=O)N2[C@H]1C(=O)O.[BaH2].[KH]. The van der Waals surface area contributed by atoms with Gasteiger partial charge in [-0.25, -0.2) is 4.79 Å². The van der Waals surface area contributed by atoms with Gasteiger partial charge < -0.3 is 20.1 Å². The molecule has 0 aromatic heterocycles. The maximum absolute atomic E-state index is 12.2. The minimum atomic E-state index is -1.03. The van der Waals surface area contributed by atoms with Crippen molar-refractivity contribution in [1.29, 1.82) is 0 Å². The number of hydrogen-bond acceptors (Lipinski definition) is 5. The maximum atomic E-state index is 12.2. The number of carbonyl (C=O) groups is 3. The summed E-state index contributed by atoms with van der Waals surface area (Å²) in [6, 6.07) is 7.31. The quantitative estimate of drug-likeness (QED) is 0.381. The number of aliphatic carboxylic acids is 1. The van der Waals surface area contributed by atoms with Crippen LogP contribution in [0.25, 0.3) is 0 Å². The van der Waals surface area contributed by atoms with Gasteiger partial charge in [-0.05, 0) is 26.0 Å². The fourth-order valence-electron chi connectivity index (χ4n) is 3.03. The summed E-state index contributed by atoms with van der Waals surface area (Å²) in [6.45, 7) is 3.38. The molecule has 2 saturated heterocycles. The van der Waals surface area contributed by atoms with Gasteiger partial charge in [-0.2, -0.15) is 0 Å². The molecule has 0 saturated carbocycles. The number of nitrogens with zero attached hydrogens (tertiary/aromatic N) is 1. The van der Waals surface area contributed by atoms with E-state index in [9.17, 15) is 19.5 Å². The van der Waals surface area contributed by atoms with E-state index in [1.165, 1.54) is 16.7 Å². The van der Waals surface area contributed by atoms with Gasteiger partial charge in [0.2, 0.25) is 5.91 Å². The van der Waals surface area contributed by atoms with E-state index in [2.05, 4.69) is 5.32 Å². The van der Waals surface area contributed by atoms with Crippen LogP contribution < -0.4 is 10.1 Å². The van der Waals surface area contributed by atoms with Gasteiger partial charge in [0, 0.05) is 4.75 Å². The number of carboxylic acid groups (broad SMARTS) is 1. The molecule has 2 N–H and O–H groups in total. The number of thioether (sulfide) groups is 1. The molecule has 26 heavy (non-hydrogen) atoms. The number of rotatable bonds is 5. The van der Waals surface area contributed by atoms with Crippen LogP contribution in [-0.2, 0) is 14.4 Å². The van der Waals surface area contributed by atoms with Crippen LogP contribution in [0.15, 0.2) is 30.3 Å². The first-order valence-corrected chi connectivity index (χ1v) is 8.39. The molecule has 0 aliphatic carbocycles. The first-order chi connectivity index (χ1) is 11.3. The third kappa shape index (κ3) is 5.12. The van der Waals surface area contributed by atoms with Gasteiger partial charge in [0.1, 0.15) is 23.2 Å². The number of carboxylic acids is 1. The van der Waals surface area contributed by atoms with Crippen molar-refractivity contribution in [1.82, 2.24) is 10.2 Å². The zero-order chi connectivity index (χ0) is 17.5. The molecule has 7 nitrogen and oxygen atoms in total. The Morgan fingerprint density at radius 3 is 2.50 bits per heavy atom. The van der Waals surface area contributed by atoms with Crippen LogP contribution >= 0.6 is 11.8 Å². The fourth-order valence-corrected chi connectivity index (χ4v) is 4.65. The first-order valence-electron chi connectivity index (χ1n) is 7.51. The number of fused-ring (bicyclic) bond motifs is 1. The predicted molar refractivity (Wildman–Crippen MR) is 103 cm³/mol. The predicted octanol–water partition coefficient (Wildman–Crippen LogP) is -0.868. The van der Waals surface area contributed by atoms with Crippen molar-refractivity contribution >= 4 is 130 Å². The summed E-state index contributed by atoms with van der Waals surface area (Å²) < 4.78 is 4.74. The van der Waals surface area contributed by atoms with Gasteiger partial charge in [0.05, 0.1) is 0 Å². The Labute approximate surface area is 238 Å². The molecule has 0 radical (unpaired) electrons. The topological polar surface area (TPSA) is 95.9 Å². The number of benzene rings is 1. The third-order valence-electron chi connectivity index (χ3n) is 4.10. The van der Waals surface area contributed by atoms with Crippen LogP contribution in [-0.4, -0.2) is 157 Å². The van der Waals surface area contributed by atoms with Crippen LogP contribution in [0.1, 0.15) is 13.8 Å². The van der Waals surface area contributed by atoms with E-state index in [1.807, 2.05) is 6.07 Å². The van der Waals surface area contributed by atoms with Crippen LogP contribution in [0, 0.1) is 0 Å². The first kappa shape index (κ1) is 25.0. The average molecular weight is 530 g/mol. The average Bonchev–Trinajstić information content (AvgIpc) is 2.80. The monoisotopic (exact) mass is 530 g/mol. The van der Waals surface area contributed by atoms with Crippen molar-refractivity contribution in [3.05, 3.63) is 30.3 Å². The molecular weight excluding hydrogens is 509 g/mol. The van der Waals surface area contributed by atoms with Gasteiger partial charge in [-0.15, -0.1) is 11.8 Å². The zero-order valence-corrected chi connectivity index (χ0v) is 14.1. The van der Waals surface area contributed by atoms with Crippen molar-refractivity contribution in [2.24, 2.45) is 0 Å². The Hall–Kier alpha value is 0.988. The zero-order valence-electron chi connectivity index (χ0n) is 13.3. The second-order valence-corrected chi connectivity index (χ2v) is 8.02. The number of para-hydroxylation sites is 1. The molecule has 2 amide bonds. The number of β-lactam (4-membered cyclic amide) rings is 1. The molecule has 1 aromatic rings. The Morgan fingerprint density at radius 2 is 1.92 bits per heavy atom. The number of amides is 2. The molecule has 2 aliphatic rings. The molecule has 2 fully saturated rings. The third-order valence-corrected chi connectivity index (χ3v) is 5.68. The van der Waals surface area contributed by atoms with Gasteiger partial charge >= 0.3 is 106 Å². The number of nitrogens with one attached hydrogen (secondary N) is 1. The molecule has 134 valence electrons. The molecule has 3 atom stereocenters. The number of hydrogen-bond donors (Lipinski definition) is 2. The van der Waals surface area contributed by atoms with Gasteiger partial charge in [0.25, 0.3) is 5.91 Å². The second kappa shape index (κ2) is 10.1. The molecule has 10 heteroatoms. The summed E-state index contributed by atoms with van der Waals surface area (Å²) in [4.78, 5) is 37.0. The Morgan fingerprint density at radius 1 is 1.31 bits per heavy atom. The van der Waals surface area contributed by atoms with E-state index >= 15 is 0 Å². The summed E-state index contributed by atoms with van der Waals surface area (Å²) in [6.07, 6.45) is 0. The van der Waals surface area contributed by atoms with Crippen molar-refractivity contribution in [3.8, 4) is 5.75 Å². The fraction of sp³-hybridized carbons (Fsp3) is 0.438. The van der Waals surface area contributed by atoms with Crippen LogP contribution in [0.2, 0.25) is 0 Å². The van der Waals surface area contributed by atoms with Crippen LogP contribution in [0.3, 0.4) is 0 Å². The Balaban J connectivity index is 0.00000169. The van der Waals surface area contributed by atoms with Crippen LogP contribution in [0.5, 0.6) is 5.75 Å². The molecule has 2 aliphatic heterocycles. The molecular formula is C16H21BaKN2O5S. The van der Waals surface area contributed by atoms with Gasteiger partial charge in [-0.3, -0.25) is 9.59 Å². The molecule has 0 unspecified atom stereocenters. The van der Waals surface area contributed by atoms with Crippen molar-refractivity contribution in [2.75, 3.05) is 6.61 Å². The summed E-state index contributed by atoms with van der Waals surface area (Å²) in [5, 5.41) is 11.6. The van der Waals surface area contributed by atoms with E-state index < -0.39 is 28.7 Å². The van der Waals surface area contributed by atoms with Crippen molar-refractivity contribution in [2.45, 2.75) is 36.1 Å². The van der Waals surface area contributed by atoms with E-state index in [4.69, 9.17) is 4.74 Å². The van der Waals surface area contributed by atoms with E-state index in [0.29, 0.717) is 5.75 Å². The van der Waals surface area contributed by atoms with Crippen molar-refractivity contribution in [3.63, 3.8) is 0 Å². The molecule has 0 bridgehead atoms. The normalized spacial score (nSPS) is 25.1. The molecule has 0 spiro atoms. The van der Waals surface area contributed by atoms with Crippen LogP contribution in [0.4, 0.5) is 0 Å². The number of ether oxygens (including phenoxy) is 1. The minimum absolute atomic E-state index is 0. The second-order valence-electron chi connectivity index (χ2n) is 6.25. The van der Waals surface area contributed by atoms with E-state index in [-0.39, 0.29) is 118 Å². The summed E-state index contributed by atoms with van der Waals surface area (Å²) in [7, 11) is 0. The standard InChI is InChI=1S/C16H18N2O5S.Ba.K.3H/c1-16(2)12(15(21)22)18-13(20)11(14(18)24-16)17-10(19)8-23-9-6-4-3-5-7-9;;;;;/h3-7,11-12,14H,8H2,1-2H3,(H,17,19)(H,21,22);;;;;/t11-,12+,14-;;;;;/m1...../s1.